The van der Waals surface area contributed by atoms with Crippen molar-refractivity contribution in [2.24, 2.45) is 0 Å². The Balaban J connectivity index is 3.41. The summed E-state index contributed by atoms with van der Waals surface area (Å²) in [6, 6.07) is 0. The lowest BCUT2D eigenvalue weighted by molar-refractivity contribution is 0.177. The van der Waals surface area contributed by atoms with Crippen molar-refractivity contribution >= 4 is 8.56 Å². The second-order valence-corrected chi connectivity index (χ2v) is 12.7. The van der Waals surface area contributed by atoms with E-state index in [2.05, 4.69) is 27.0 Å². The van der Waals surface area contributed by atoms with Crippen molar-refractivity contribution < 1.29 is 8.85 Å². The molecule has 0 aliphatic rings. The molecule has 0 N–H and O–H groups in total. The van der Waals surface area contributed by atoms with E-state index in [9.17, 15) is 0 Å². The highest BCUT2D eigenvalue weighted by molar-refractivity contribution is 6.71. The first-order chi connectivity index (χ1) is 15.2. The molecule has 0 spiro atoms. The summed E-state index contributed by atoms with van der Waals surface area (Å²) < 4.78 is 12.3. The van der Waals surface area contributed by atoms with Gasteiger partial charge < -0.3 is 8.85 Å². The monoisotopic (exact) mass is 454 g/mol. The molecule has 1 atom stereocenters. The predicted molar refractivity (Wildman–Crippen MR) is 142 cm³/mol. The van der Waals surface area contributed by atoms with Gasteiger partial charge in [0, 0.05) is 13.2 Å². The molecule has 0 radical (unpaired) electrons. The van der Waals surface area contributed by atoms with Crippen LogP contribution in [0.4, 0.5) is 0 Å². The topological polar surface area (TPSA) is 18.5 Å². The molecule has 0 heterocycles. The van der Waals surface area contributed by atoms with Gasteiger partial charge in [-0.05, 0) is 25.1 Å². The molecule has 31 heavy (non-hydrogen) atoms. The summed E-state index contributed by atoms with van der Waals surface area (Å²) in [5, 5.41) is 0. The summed E-state index contributed by atoms with van der Waals surface area (Å²) in [7, 11) is -2.15. The molecule has 0 amide bonds. The molecule has 0 rings (SSSR count). The largest absolute Gasteiger partial charge is 0.391 e. The van der Waals surface area contributed by atoms with Crippen molar-refractivity contribution in [2.45, 2.75) is 155 Å². The van der Waals surface area contributed by atoms with E-state index in [4.69, 9.17) is 8.85 Å². The predicted octanol–water partition coefficient (Wildman–Crippen LogP) is 10.0. The summed E-state index contributed by atoms with van der Waals surface area (Å²) in [6.07, 6.45) is 28.8. The highest BCUT2D eigenvalue weighted by Gasteiger charge is 2.26. The highest BCUT2D eigenvalue weighted by atomic mass is 28.4. The lowest BCUT2D eigenvalue weighted by Gasteiger charge is -2.23. The fourth-order valence-corrected chi connectivity index (χ4v) is 5.48. The van der Waals surface area contributed by atoms with Crippen LogP contribution in [-0.2, 0) is 8.85 Å². The number of hydrogen-bond acceptors (Lipinski definition) is 2. The van der Waals surface area contributed by atoms with Crippen molar-refractivity contribution in [1.29, 1.82) is 0 Å². The normalized spacial score (nSPS) is 13.4. The van der Waals surface area contributed by atoms with Crippen LogP contribution in [0.2, 0.25) is 6.55 Å². The van der Waals surface area contributed by atoms with E-state index in [1.54, 1.807) is 0 Å². The SMILES string of the molecule is C=C[Si](C)(OCCCCCCCCC)OCCCCCCCCCCCCCCCC. The van der Waals surface area contributed by atoms with Crippen LogP contribution in [0.25, 0.3) is 0 Å². The van der Waals surface area contributed by atoms with Gasteiger partial charge in [-0.15, -0.1) is 6.58 Å². The average molecular weight is 455 g/mol. The maximum atomic E-state index is 6.14. The third-order valence-electron chi connectivity index (χ3n) is 6.39. The van der Waals surface area contributed by atoms with E-state index in [0.29, 0.717) is 0 Å². The Morgan fingerprint density at radius 3 is 1.00 bits per heavy atom. The third-order valence-corrected chi connectivity index (χ3v) is 8.69. The van der Waals surface area contributed by atoms with Gasteiger partial charge >= 0.3 is 8.56 Å². The lowest BCUT2D eigenvalue weighted by atomic mass is 10.0. The van der Waals surface area contributed by atoms with Crippen LogP contribution in [0.5, 0.6) is 0 Å². The summed E-state index contributed by atoms with van der Waals surface area (Å²) in [6.45, 7) is 12.4. The summed E-state index contributed by atoms with van der Waals surface area (Å²) in [5.74, 6) is 0. The first kappa shape index (κ1) is 30.9. The molecular weight excluding hydrogens is 396 g/mol. The van der Waals surface area contributed by atoms with E-state index in [1.807, 2.05) is 5.70 Å². The Morgan fingerprint density at radius 1 is 0.484 bits per heavy atom. The Bertz CT molecular complexity index is 361. The Labute approximate surface area is 198 Å². The standard InChI is InChI=1S/C28H58O2Si/c1-5-8-10-12-14-15-16-17-18-19-20-22-24-26-28-30-31(4,7-3)29-27-25-23-21-13-11-9-6-2/h7H,3,5-6,8-28H2,1-2,4H3. The summed E-state index contributed by atoms with van der Waals surface area (Å²) >= 11 is 0. The zero-order valence-electron chi connectivity index (χ0n) is 21.9. The minimum absolute atomic E-state index is 0.835. The van der Waals surface area contributed by atoms with Gasteiger partial charge in [0.25, 0.3) is 0 Å². The van der Waals surface area contributed by atoms with Crippen LogP contribution >= 0.6 is 0 Å². The Kier molecular flexibility index (Phi) is 24.4. The minimum atomic E-state index is -2.15. The molecule has 0 saturated carbocycles. The molecular formula is C28H58O2Si. The molecule has 0 bridgehead atoms. The average Bonchev–Trinajstić information content (AvgIpc) is 2.78. The molecule has 0 aliphatic heterocycles. The fourth-order valence-electron chi connectivity index (χ4n) is 4.06. The van der Waals surface area contributed by atoms with E-state index in [-0.39, 0.29) is 0 Å². The van der Waals surface area contributed by atoms with Gasteiger partial charge in [-0.2, -0.15) is 0 Å². The van der Waals surface area contributed by atoms with Crippen LogP contribution in [-0.4, -0.2) is 21.8 Å². The zero-order valence-corrected chi connectivity index (χ0v) is 22.9. The molecule has 3 heteroatoms. The fraction of sp³-hybridized carbons (Fsp3) is 0.929. The molecule has 186 valence electrons. The lowest BCUT2D eigenvalue weighted by Crippen LogP contribution is -2.37. The van der Waals surface area contributed by atoms with Crippen LogP contribution in [0, 0.1) is 0 Å². The molecule has 0 fully saturated rings. The van der Waals surface area contributed by atoms with Crippen LogP contribution in [0.3, 0.4) is 0 Å². The van der Waals surface area contributed by atoms with Crippen molar-refractivity contribution in [3.05, 3.63) is 12.3 Å². The van der Waals surface area contributed by atoms with Crippen LogP contribution in [0.1, 0.15) is 149 Å². The molecule has 1 unspecified atom stereocenters. The highest BCUT2D eigenvalue weighted by Crippen LogP contribution is 2.15. The van der Waals surface area contributed by atoms with E-state index in [0.717, 1.165) is 26.1 Å². The van der Waals surface area contributed by atoms with E-state index >= 15 is 0 Å². The van der Waals surface area contributed by atoms with Gasteiger partial charge in [-0.3, -0.25) is 0 Å². The minimum Gasteiger partial charge on any atom is -0.391 e. The number of hydrogen-bond donors (Lipinski definition) is 0. The second-order valence-electron chi connectivity index (χ2n) is 9.63. The summed E-state index contributed by atoms with van der Waals surface area (Å²) in [4.78, 5) is 0. The Hall–Kier alpha value is -0.123. The van der Waals surface area contributed by atoms with Crippen LogP contribution < -0.4 is 0 Å². The molecule has 0 aliphatic carbocycles. The summed E-state index contributed by atoms with van der Waals surface area (Å²) in [5.41, 5.74) is 1.96. The molecule has 0 aromatic heterocycles. The first-order valence-electron chi connectivity index (χ1n) is 14.1. The van der Waals surface area contributed by atoms with Crippen molar-refractivity contribution in [2.75, 3.05) is 13.2 Å². The quantitative estimate of drug-likeness (QED) is 0.0955. The van der Waals surface area contributed by atoms with Gasteiger partial charge in [0.1, 0.15) is 0 Å². The number of rotatable bonds is 26. The van der Waals surface area contributed by atoms with Gasteiger partial charge in [-0.1, -0.05) is 136 Å². The molecule has 0 saturated heterocycles. The maximum absolute atomic E-state index is 6.14. The Morgan fingerprint density at radius 2 is 0.742 bits per heavy atom. The van der Waals surface area contributed by atoms with Crippen molar-refractivity contribution in [1.82, 2.24) is 0 Å². The second kappa shape index (κ2) is 24.5. The third kappa shape index (κ3) is 22.8. The van der Waals surface area contributed by atoms with Crippen molar-refractivity contribution in [3.63, 3.8) is 0 Å². The maximum Gasteiger partial charge on any atom is 0.361 e. The molecule has 2 nitrogen and oxygen atoms in total. The molecule has 0 aromatic rings. The van der Waals surface area contributed by atoms with Gasteiger partial charge in [0.15, 0.2) is 0 Å². The van der Waals surface area contributed by atoms with Gasteiger partial charge in [0.2, 0.25) is 0 Å². The molecule has 0 aromatic carbocycles. The van der Waals surface area contributed by atoms with Crippen LogP contribution in [0.15, 0.2) is 12.3 Å². The number of unbranched alkanes of at least 4 members (excludes halogenated alkanes) is 19. The van der Waals surface area contributed by atoms with Gasteiger partial charge in [0.05, 0.1) is 0 Å². The van der Waals surface area contributed by atoms with E-state index in [1.165, 1.54) is 122 Å². The van der Waals surface area contributed by atoms with E-state index < -0.39 is 8.56 Å². The first-order valence-corrected chi connectivity index (χ1v) is 16.5. The van der Waals surface area contributed by atoms with Crippen molar-refractivity contribution in [3.8, 4) is 0 Å². The zero-order chi connectivity index (χ0) is 22.9. The van der Waals surface area contributed by atoms with Gasteiger partial charge in [-0.25, -0.2) is 0 Å². The smallest absolute Gasteiger partial charge is 0.361 e.